The van der Waals surface area contributed by atoms with Gasteiger partial charge in [-0.15, -0.1) is 0 Å². The molecule has 3 N–H and O–H groups in total. The Balaban J connectivity index is 1.51. The fourth-order valence-electron chi connectivity index (χ4n) is 3.95. The van der Waals surface area contributed by atoms with Crippen LogP contribution in [0.5, 0.6) is 11.5 Å². The first kappa shape index (κ1) is 23.9. The predicted octanol–water partition coefficient (Wildman–Crippen LogP) is 4.94. The van der Waals surface area contributed by atoms with E-state index >= 15 is 0 Å². The van der Waals surface area contributed by atoms with E-state index in [0.29, 0.717) is 48.5 Å². The Morgan fingerprint density at radius 3 is 2.00 bits per heavy atom. The molecule has 0 atom stereocenters. The van der Waals surface area contributed by atoms with Crippen LogP contribution >= 0.6 is 0 Å². The second kappa shape index (κ2) is 11.7. The second-order valence-electron chi connectivity index (χ2n) is 8.15. The minimum atomic E-state index is 0.534. The predicted molar refractivity (Wildman–Crippen MR) is 141 cm³/mol. The van der Waals surface area contributed by atoms with Gasteiger partial charge in [-0.2, -0.15) is 0 Å². The van der Waals surface area contributed by atoms with Crippen LogP contribution in [0.15, 0.2) is 85.2 Å². The fraction of sp³-hybridized carbons (Fsp3) is 0.214. The lowest BCUT2D eigenvalue weighted by atomic mass is 10.1. The van der Waals surface area contributed by atoms with Gasteiger partial charge >= 0.3 is 0 Å². The Hall–Kier alpha value is -4.26. The van der Waals surface area contributed by atoms with E-state index in [1.807, 2.05) is 54.6 Å². The number of nitrogen functional groups attached to an aromatic ring is 1. The van der Waals surface area contributed by atoms with Gasteiger partial charge in [-0.05, 0) is 35.2 Å². The smallest absolute Gasteiger partial charge is 0.160 e. The Labute approximate surface area is 206 Å². The van der Waals surface area contributed by atoms with Crippen molar-refractivity contribution in [3.05, 3.63) is 102 Å². The van der Waals surface area contributed by atoms with Gasteiger partial charge in [-0.25, -0.2) is 9.97 Å². The second-order valence-corrected chi connectivity index (χ2v) is 8.15. The zero-order valence-corrected chi connectivity index (χ0v) is 20.1. The summed E-state index contributed by atoms with van der Waals surface area (Å²) >= 11 is 0. The molecule has 0 bridgehead atoms. The van der Waals surface area contributed by atoms with Crippen LogP contribution in [0.3, 0.4) is 0 Å². The molecule has 0 saturated heterocycles. The van der Waals surface area contributed by atoms with Crippen molar-refractivity contribution in [3.63, 3.8) is 0 Å². The Kier molecular flexibility index (Phi) is 8.01. The third-order valence-electron chi connectivity index (χ3n) is 5.75. The molecular weight excluding hydrogens is 438 g/mol. The highest BCUT2D eigenvalue weighted by Crippen LogP contribution is 2.30. The number of nitrogens with one attached hydrogen (secondary N) is 1. The van der Waals surface area contributed by atoms with Crippen LogP contribution in [0.1, 0.15) is 16.7 Å². The summed E-state index contributed by atoms with van der Waals surface area (Å²) in [4.78, 5) is 11.1. The average Bonchev–Trinajstić information content (AvgIpc) is 2.90. The third-order valence-corrected chi connectivity index (χ3v) is 5.75. The lowest BCUT2D eigenvalue weighted by Gasteiger charge is -2.26. The molecule has 0 saturated carbocycles. The molecule has 0 radical (unpaired) electrons. The Bertz CT molecular complexity index is 1180. The van der Waals surface area contributed by atoms with E-state index in [-0.39, 0.29) is 0 Å². The number of nitrogens with two attached hydrogens (primary N) is 1. The lowest BCUT2D eigenvalue weighted by molar-refractivity contribution is 0.354. The molecule has 4 rings (SSSR count). The number of anilines is 3. The zero-order valence-electron chi connectivity index (χ0n) is 20.1. The van der Waals surface area contributed by atoms with Crippen molar-refractivity contribution in [3.8, 4) is 11.5 Å². The quantitative estimate of drug-likeness (QED) is 0.322. The van der Waals surface area contributed by atoms with Crippen molar-refractivity contribution < 1.29 is 9.47 Å². The monoisotopic (exact) mass is 469 g/mol. The van der Waals surface area contributed by atoms with Crippen LogP contribution in [-0.4, -0.2) is 30.7 Å². The van der Waals surface area contributed by atoms with Crippen LogP contribution in [0, 0.1) is 0 Å². The van der Waals surface area contributed by atoms with E-state index in [1.54, 1.807) is 20.5 Å². The molecule has 0 amide bonds. The van der Waals surface area contributed by atoms with E-state index in [4.69, 9.17) is 15.2 Å². The van der Waals surface area contributed by atoms with Crippen LogP contribution in [-0.2, 0) is 19.5 Å². The minimum Gasteiger partial charge on any atom is -0.493 e. The van der Waals surface area contributed by atoms with Crippen LogP contribution in [0.25, 0.3) is 0 Å². The van der Waals surface area contributed by atoms with Crippen molar-refractivity contribution in [1.82, 2.24) is 9.97 Å². The van der Waals surface area contributed by atoms with Crippen molar-refractivity contribution in [2.75, 3.05) is 36.7 Å². The molecule has 1 aromatic heterocycles. The van der Waals surface area contributed by atoms with E-state index in [0.717, 1.165) is 12.0 Å². The number of aromatic nitrogens is 2. The molecule has 3 aromatic carbocycles. The first-order valence-corrected chi connectivity index (χ1v) is 11.6. The number of hydrogen-bond acceptors (Lipinski definition) is 7. The Morgan fingerprint density at radius 2 is 1.40 bits per heavy atom. The van der Waals surface area contributed by atoms with Gasteiger partial charge in [0, 0.05) is 19.6 Å². The highest BCUT2D eigenvalue weighted by molar-refractivity contribution is 5.75. The van der Waals surface area contributed by atoms with E-state index in [2.05, 4.69) is 44.5 Å². The summed E-state index contributed by atoms with van der Waals surface area (Å²) in [6.45, 7) is 2.03. The van der Waals surface area contributed by atoms with Gasteiger partial charge in [0.25, 0.3) is 0 Å². The summed E-state index contributed by atoms with van der Waals surface area (Å²) < 4.78 is 10.7. The fourth-order valence-corrected chi connectivity index (χ4v) is 3.95. The molecule has 0 aliphatic rings. The van der Waals surface area contributed by atoms with E-state index in [1.165, 1.54) is 11.1 Å². The summed E-state index contributed by atoms with van der Waals surface area (Å²) in [5.74, 6) is 2.76. The number of methoxy groups -OCH3 is 2. The van der Waals surface area contributed by atoms with Crippen LogP contribution < -0.4 is 25.4 Å². The first-order chi connectivity index (χ1) is 17.2. The molecule has 7 nitrogen and oxygen atoms in total. The molecular formula is C28H31N5O2. The van der Waals surface area contributed by atoms with Gasteiger partial charge < -0.3 is 25.4 Å². The largest absolute Gasteiger partial charge is 0.493 e. The molecule has 4 aromatic rings. The molecule has 0 spiro atoms. The molecule has 1 heterocycles. The maximum Gasteiger partial charge on any atom is 0.160 e. The minimum absolute atomic E-state index is 0.534. The van der Waals surface area contributed by atoms with Crippen molar-refractivity contribution in [1.29, 1.82) is 0 Å². The van der Waals surface area contributed by atoms with Gasteiger partial charge in [0.1, 0.15) is 12.0 Å². The highest BCUT2D eigenvalue weighted by atomic mass is 16.5. The van der Waals surface area contributed by atoms with Gasteiger partial charge in [0.05, 0.1) is 14.2 Å². The summed E-state index contributed by atoms with van der Waals surface area (Å²) in [5, 5.41) is 3.38. The number of rotatable bonds is 11. The van der Waals surface area contributed by atoms with E-state index < -0.39 is 0 Å². The van der Waals surface area contributed by atoms with Crippen molar-refractivity contribution in [2.24, 2.45) is 0 Å². The SMILES string of the molecule is COc1ccc(CCNc2ncnc(N(Cc3ccccc3)Cc3ccccc3)c2N)cc1OC. The van der Waals surface area contributed by atoms with Crippen molar-refractivity contribution >= 4 is 17.3 Å². The Morgan fingerprint density at radius 1 is 0.771 bits per heavy atom. The van der Waals surface area contributed by atoms with Gasteiger partial charge in [0.15, 0.2) is 23.1 Å². The zero-order chi connectivity index (χ0) is 24.5. The van der Waals surface area contributed by atoms with Gasteiger partial charge in [0.2, 0.25) is 0 Å². The first-order valence-electron chi connectivity index (χ1n) is 11.6. The number of nitrogens with zero attached hydrogens (tertiary/aromatic N) is 3. The van der Waals surface area contributed by atoms with Crippen LogP contribution in [0.2, 0.25) is 0 Å². The standard InChI is InChI=1S/C28H31N5O2/c1-34-24-14-13-21(17-25(24)35-2)15-16-30-27-26(29)28(32-20-31-27)33(18-22-9-5-3-6-10-22)19-23-11-7-4-8-12-23/h3-14,17,20H,15-16,18-19,29H2,1-2H3,(H,30,31,32). The third kappa shape index (κ3) is 6.20. The summed E-state index contributed by atoms with van der Waals surface area (Å²) in [6.07, 6.45) is 2.34. The molecule has 0 unspecified atom stereocenters. The number of hydrogen-bond donors (Lipinski definition) is 2. The topological polar surface area (TPSA) is 85.5 Å². The van der Waals surface area contributed by atoms with E-state index in [9.17, 15) is 0 Å². The average molecular weight is 470 g/mol. The summed E-state index contributed by atoms with van der Waals surface area (Å²) in [7, 11) is 3.27. The summed E-state index contributed by atoms with van der Waals surface area (Å²) in [6, 6.07) is 26.6. The molecule has 7 heteroatoms. The normalized spacial score (nSPS) is 10.6. The molecule has 0 aliphatic heterocycles. The molecule has 0 fully saturated rings. The van der Waals surface area contributed by atoms with Crippen LogP contribution in [0.4, 0.5) is 17.3 Å². The lowest BCUT2D eigenvalue weighted by Crippen LogP contribution is -2.25. The number of benzene rings is 3. The highest BCUT2D eigenvalue weighted by Gasteiger charge is 2.16. The summed E-state index contributed by atoms with van der Waals surface area (Å²) in [5.41, 5.74) is 10.6. The molecule has 0 aliphatic carbocycles. The van der Waals surface area contributed by atoms with Gasteiger partial charge in [-0.1, -0.05) is 66.7 Å². The van der Waals surface area contributed by atoms with Gasteiger partial charge in [-0.3, -0.25) is 0 Å². The number of ether oxygens (including phenoxy) is 2. The van der Waals surface area contributed by atoms with Crippen molar-refractivity contribution in [2.45, 2.75) is 19.5 Å². The maximum absolute atomic E-state index is 6.59. The molecule has 35 heavy (non-hydrogen) atoms. The molecule has 180 valence electrons. The maximum atomic E-state index is 6.59.